The van der Waals surface area contributed by atoms with Crippen LogP contribution in [-0.4, -0.2) is 158 Å². The zero-order valence-corrected chi connectivity index (χ0v) is 53.5. The second-order valence-corrected chi connectivity index (χ2v) is 32.5. The first-order chi connectivity index (χ1) is 43.2. The van der Waals surface area contributed by atoms with Gasteiger partial charge in [-0.3, -0.25) is 4.18 Å². The Morgan fingerprint density at radius 1 is 0.407 bits per heavy atom. The summed E-state index contributed by atoms with van der Waals surface area (Å²) >= 11 is 0. The molecular formula is C60H71N5O20S6. The first-order valence-electron chi connectivity index (χ1n) is 28.6. The van der Waals surface area contributed by atoms with Crippen LogP contribution in [0.15, 0.2) is 194 Å². The highest BCUT2D eigenvalue weighted by molar-refractivity contribution is 7.89. The molecule has 0 spiro atoms. The minimum absolute atomic E-state index is 0.190. The summed E-state index contributed by atoms with van der Waals surface area (Å²) in [7, 11) is -27.2. The highest BCUT2D eigenvalue weighted by Crippen LogP contribution is 2.35. The van der Waals surface area contributed by atoms with E-state index in [0.29, 0.717) is 11.1 Å². The number of aliphatic hydroxyl groups excluding tert-OH is 3. The summed E-state index contributed by atoms with van der Waals surface area (Å²) in [6.45, 7) is -1.56. The van der Waals surface area contributed by atoms with Gasteiger partial charge in [0, 0.05) is 6.54 Å². The average molecular weight is 1370 g/mol. The molecule has 2 heterocycles. The van der Waals surface area contributed by atoms with Gasteiger partial charge in [-0.15, -0.1) is 0 Å². The maximum atomic E-state index is 14.5. The highest BCUT2D eigenvalue weighted by atomic mass is 32.2. The standard InChI is InChI=1S/C60H71N5O20S6/c66-35-52-54(67)53(65-90(77,78)40-46-27-15-5-16-28-46)58(85-91(79,80)41-47-29-17-6-18-30-47)60(82-52)84-57-51(64-89(75,76)39-45-25-13-4-14-26-45)33-50(63-88(73,74)38-44-23-11-3-12-24-44)56(55(57)68)83-59-49(62-87(71,72)37-43-21-9-2-10-22-43)32-31-48(81-59)34-61-86(69,70)36-42-19-7-1-8-20-42/h1-32,48-68H,33-41H2/t48-,49+,50-,51+,52+,53-,54+,55-,56+,57-,58+,59+,60+/m0/s1. The molecule has 0 aromatic heterocycles. The van der Waals surface area contributed by atoms with Crippen molar-refractivity contribution >= 4 is 60.2 Å². The van der Waals surface area contributed by atoms with Crippen molar-refractivity contribution < 1.29 is 89.0 Å². The van der Waals surface area contributed by atoms with Crippen LogP contribution >= 0.6 is 0 Å². The largest absolute Gasteiger partial charge is 0.394 e. The van der Waals surface area contributed by atoms with Gasteiger partial charge in [0.15, 0.2) is 12.6 Å². The van der Waals surface area contributed by atoms with E-state index < -0.39 is 194 Å². The van der Waals surface area contributed by atoms with Crippen LogP contribution < -0.4 is 23.6 Å². The minimum atomic E-state index is -4.92. The second-order valence-electron chi connectivity index (χ2n) is 22.1. The summed E-state index contributed by atoms with van der Waals surface area (Å²) in [5.74, 6) is -4.01. The van der Waals surface area contributed by atoms with Crippen molar-refractivity contribution in [3.8, 4) is 0 Å². The van der Waals surface area contributed by atoms with Gasteiger partial charge in [0.05, 0.1) is 65.6 Å². The van der Waals surface area contributed by atoms with E-state index in [1.165, 1.54) is 60.7 Å². The molecule has 6 aromatic carbocycles. The number of nitrogens with one attached hydrogen (secondary N) is 5. The summed E-state index contributed by atoms with van der Waals surface area (Å²) < 4.78 is 214. The quantitative estimate of drug-likeness (QED) is 0.0236. The predicted molar refractivity (Wildman–Crippen MR) is 335 cm³/mol. The second kappa shape index (κ2) is 30.5. The summed E-state index contributed by atoms with van der Waals surface area (Å²) in [5, 5.41) is 35.9. The van der Waals surface area contributed by atoms with E-state index in [-0.39, 0.29) is 22.3 Å². The third-order valence-electron chi connectivity index (χ3n) is 14.8. The molecule has 31 heteroatoms. The van der Waals surface area contributed by atoms with Crippen molar-refractivity contribution in [2.75, 3.05) is 13.2 Å². The Morgan fingerprint density at radius 2 is 0.769 bits per heavy atom. The van der Waals surface area contributed by atoms with E-state index in [9.17, 15) is 65.8 Å². The zero-order chi connectivity index (χ0) is 65.0. The molecule has 1 saturated heterocycles. The molecule has 2 fully saturated rings. The van der Waals surface area contributed by atoms with E-state index in [1.807, 2.05) is 0 Å². The molecule has 6 aromatic rings. The van der Waals surface area contributed by atoms with Gasteiger partial charge in [-0.2, -0.15) is 8.42 Å². The van der Waals surface area contributed by atoms with E-state index >= 15 is 0 Å². The van der Waals surface area contributed by atoms with Crippen molar-refractivity contribution in [2.24, 2.45) is 0 Å². The lowest BCUT2D eigenvalue weighted by molar-refractivity contribution is -0.309. The Morgan fingerprint density at radius 3 is 1.18 bits per heavy atom. The first kappa shape index (κ1) is 69.6. The van der Waals surface area contributed by atoms with Crippen molar-refractivity contribution in [1.82, 2.24) is 23.6 Å². The summed E-state index contributed by atoms with van der Waals surface area (Å²) in [4.78, 5) is 0. The molecule has 2 aliphatic heterocycles. The van der Waals surface area contributed by atoms with Crippen LogP contribution in [0.2, 0.25) is 0 Å². The topological polar surface area (TPSA) is 372 Å². The molecule has 13 atom stereocenters. The number of hydrogen-bond acceptors (Lipinski definition) is 20. The van der Waals surface area contributed by atoms with Crippen LogP contribution in [0.4, 0.5) is 0 Å². The number of aliphatic hydroxyl groups is 3. The summed E-state index contributed by atoms with van der Waals surface area (Å²) in [6.07, 6.45) is -16.4. The van der Waals surface area contributed by atoms with Crippen molar-refractivity contribution in [2.45, 2.75) is 120 Å². The van der Waals surface area contributed by atoms with Crippen LogP contribution in [0.3, 0.4) is 0 Å². The fraction of sp³-hybridized carbons (Fsp3) is 0.367. The monoisotopic (exact) mass is 1370 g/mol. The van der Waals surface area contributed by atoms with E-state index in [2.05, 4.69) is 23.6 Å². The van der Waals surface area contributed by atoms with Gasteiger partial charge in [-0.05, 0) is 39.8 Å². The van der Waals surface area contributed by atoms with Crippen molar-refractivity contribution in [1.29, 1.82) is 0 Å². The fourth-order valence-corrected chi connectivity index (χ4v) is 18.6. The molecule has 9 rings (SSSR count). The SMILES string of the molecule is O=S(=O)(Cc1ccccc1)NC[C@@H]1C=C[C@@H](NS(=O)(=O)Cc2ccccc2)[C@@H](O[C@H]2[C@H](O)[C@@H](O[C@H]3O[C@H](CO)[C@@H](O)[C@H](NS(=O)(=O)Cc4ccccc4)[C@H]3OS(=O)(=O)Cc3ccccc3)[C@H](NS(=O)(=O)Cc3ccccc3)C[C@@H]2NS(=O)(=O)Cc2ccccc2)O1. The van der Waals surface area contributed by atoms with Crippen molar-refractivity contribution in [3.63, 3.8) is 0 Å². The van der Waals surface area contributed by atoms with Gasteiger partial charge in [0.25, 0.3) is 10.1 Å². The maximum Gasteiger partial charge on any atom is 0.272 e. The Labute approximate surface area is 530 Å². The molecule has 0 amide bonds. The highest BCUT2D eigenvalue weighted by Gasteiger charge is 2.55. The molecule has 8 N–H and O–H groups in total. The van der Waals surface area contributed by atoms with Gasteiger partial charge in [0.1, 0.15) is 42.4 Å². The molecule has 0 bridgehead atoms. The molecule has 1 aliphatic carbocycles. The Kier molecular flexibility index (Phi) is 23.4. The lowest BCUT2D eigenvalue weighted by Crippen LogP contribution is -2.70. The van der Waals surface area contributed by atoms with E-state index in [0.717, 1.165) is 0 Å². The summed E-state index contributed by atoms with van der Waals surface area (Å²) in [5.41, 5.74) is 1.80. The maximum absolute atomic E-state index is 14.5. The molecule has 0 unspecified atom stereocenters. The van der Waals surface area contributed by atoms with Gasteiger partial charge in [-0.1, -0.05) is 194 Å². The Bertz CT molecular complexity index is 4070. The predicted octanol–water partition coefficient (Wildman–Crippen LogP) is 1.87. The van der Waals surface area contributed by atoms with Gasteiger partial charge < -0.3 is 34.3 Å². The lowest BCUT2D eigenvalue weighted by Gasteiger charge is -2.49. The van der Waals surface area contributed by atoms with Gasteiger partial charge in [-0.25, -0.2) is 65.7 Å². The number of sulfonamides is 5. The third kappa shape index (κ3) is 20.6. The average Bonchev–Trinajstić information content (AvgIpc) is 0.780. The van der Waals surface area contributed by atoms with Gasteiger partial charge in [0.2, 0.25) is 50.1 Å². The van der Waals surface area contributed by atoms with Gasteiger partial charge >= 0.3 is 0 Å². The summed E-state index contributed by atoms with van der Waals surface area (Å²) in [6, 6.07) is 40.1. The Hall–Kier alpha value is -5.76. The molecular weight excluding hydrogens is 1300 g/mol. The lowest BCUT2D eigenvalue weighted by atomic mass is 9.84. The third-order valence-corrected chi connectivity index (χ3v) is 22.8. The van der Waals surface area contributed by atoms with Crippen LogP contribution in [0.1, 0.15) is 39.8 Å². The first-order valence-corrected chi connectivity index (χ1v) is 38.4. The smallest absolute Gasteiger partial charge is 0.272 e. The minimum Gasteiger partial charge on any atom is -0.394 e. The van der Waals surface area contributed by atoms with Crippen LogP contribution in [-0.2, 0) is 118 Å². The van der Waals surface area contributed by atoms with E-state index in [1.54, 1.807) is 133 Å². The number of rotatable bonds is 30. The molecule has 91 heavy (non-hydrogen) atoms. The zero-order valence-electron chi connectivity index (χ0n) is 48.6. The van der Waals surface area contributed by atoms with Crippen LogP contribution in [0, 0.1) is 0 Å². The molecule has 3 aliphatic rings. The van der Waals surface area contributed by atoms with Crippen LogP contribution in [0.5, 0.6) is 0 Å². The fourth-order valence-electron chi connectivity index (χ4n) is 10.7. The molecule has 492 valence electrons. The number of benzene rings is 6. The molecule has 1 saturated carbocycles. The Balaban J connectivity index is 1.13. The normalized spacial score (nSPS) is 26.0. The molecule has 25 nitrogen and oxygen atoms in total. The molecule has 0 radical (unpaired) electrons. The van der Waals surface area contributed by atoms with Crippen LogP contribution in [0.25, 0.3) is 0 Å². The number of ether oxygens (including phenoxy) is 4. The van der Waals surface area contributed by atoms with E-state index in [4.69, 9.17) is 23.1 Å². The number of hydrogen-bond donors (Lipinski definition) is 8. The van der Waals surface area contributed by atoms with Crippen molar-refractivity contribution in [3.05, 3.63) is 228 Å².